The van der Waals surface area contributed by atoms with Crippen LogP contribution in [0.1, 0.15) is 44.2 Å². The number of carbonyl (C=O) groups is 1. The van der Waals surface area contributed by atoms with Gasteiger partial charge in [0.2, 0.25) is 5.91 Å². The van der Waals surface area contributed by atoms with Crippen LogP contribution in [0.2, 0.25) is 0 Å². The number of ether oxygens (including phenoxy) is 1. The minimum atomic E-state index is -0.0581. The molecular weight excluding hydrogens is 503 g/mol. The van der Waals surface area contributed by atoms with Crippen molar-refractivity contribution in [2.75, 3.05) is 32.1 Å². The van der Waals surface area contributed by atoms with Gasteiger partial charge < -0.3 is 20.7 Å². The summed E-state index contributed by atoms with van der Waals surface area (Å²) in [5, 5.41) is 9.48. The first-order chi connectivity index (χ1) is 14.5. The van der Waals surface area contributed by atoms with E-state index in [9.17, 15) is 4.79 Å². The van der Waals surface area contributed by atoms with Crippen LogP contribution in [0.4, 0.5) is 5.69 Å². The Morgan fingerprint density at radius 2 is 1.74 bits per heavy atom. The fourth-order valence-electron chi connectivity index (χ4n) is 3.09. The number of amides is 1. The van der Waals surface area contributed by atoms with Crippen molar-refractivity contribution in [3.05, 3.63) is 59.7 Å². The molecule has 0 fully saturated rings. The normalized spacial score (nSPS) is 11.8. The van der Waals surface area contributed by atoms with E-state index in [2.05, 4.69) is 41.9 Å². The first kappa shape index (κ1) is 26.7. The van der Waals surface area contributed by atoms with Crippen LogP contribution < -0.4 is 20.7 Å². The number of hydrogen-bond acceptors (Lipinski definition) is 3. The van der Waals surface area contributed by atoms with Gasteiger partial charge in [0.1, 0.15) is 5.75 Å². The van der Waals surface area contributed by atoms with Crippen LogP contribution in [-0.4, -0.2) is 38.6 Å². The van der Waals surface area contributed by atoms with E-state index in [-0.39, 0.29) is 29.9 Å². The Labute approximate surface area is 203 Å². The van der Waals surface area contributed by atoms with Crippen LogP contribution >= 0.6 is 24.0 Å². The number of rotatable bonds is 10. The first-order valence-electron chi connectivity index (χ1n) is 10.5. The van der Waals surface area contributed by atoms with Crippen molar-refractivity contribution < 1.29 is 9.53 Å². The second-order valence-electron chi connectivity index (χ2n) is 7.28. The Bertz CT molecular complexity index is 807. The Balaban J connectivity index is 0.00000480. The maximum atomic E-state index is 11.1. The van der Waals surface area contributed by atoms with E-state index in [1.165, 1.54) is 18.1 Å². The topological polar surface area (TPSA) is 74.8 Å². The number of benzene rings is 2. The highest BCUT2D eigenvalue weighted by Crippen LogP contribution is 2.21. The van der Waals surface area contributed by atoms with E-state index in [0.29, 0.717) is 5.92 Å². The molecule has 0 aliphatic carbocycles. The van der Waals surface area contributed by atoms with Gasteiger partial charge in [0.25, 0.3) is 0 Å². The fraction of sp³-hybridized carbons (Fsp3) is 0.417. The highest BCUT2D eigenvalue weighted by Gasteiger charge is 2.06. The minimum Gasteiger partial charge on any atom is -0.497 e. The number of guanidine groups is 1. The van der Waals surface area contributed by atoms with Crippen molar-refractivity contribution in [3.63, 3.8) is 0 Å². The van der Waals surface area contributed by atoms with Gasteiger partial charge in [-0.25, -0.2) is 0 Å². The molecule has 2 aromatic rings. The molecule has 0 radical (unpaired) electrons. The third-order valence-electron chi connectivity index (χ3n) is 4.84. The van der Waals surface area contributed by atoms with Gasteiger partial charge in [-0.2, -0.15) is 0 Å². The molecule has 0 aliphatic rings. The number of nitrogens with zero attached hydrogens (tertiary/aromatic N) is 1. The molecule has 1 unspecified atom stereocenters. The molecule has 2 aromatic carbocycles. The van der Waals surface area contributed by atoms with Gasteiger partial charge in [-0.1, -0.05) is 31.2 Å². The van der Waals surface area contributed by atoms with Crippen molar-refractivity contribution in [2.45, 2.75) is 39.5 Å². The van der Waals surface area contributed by atoms with Gasteiger partial charge in [-0.05, 0) is 61.1 Å². The molecule has 0 spiro atoms. The van der Waals surface area contributed by atoms with Gasteiger partial charge in [0.05, 0.1) is 7.11 Å². The zero-order chi connectivity index (χ0) is 21.8. The fourth-order valence-corrected chi connectivity index (χ4v) is 3.09. The predicted octanol–water partition coefficient (Wildman–Crippen LogP) is 4.56. The molecule has 0 saturated carbocycles. The summed E-state index contributed by atoms with van der Waals surface area (Å²) < 4.78 is 5.22. The summed E-state index contributed by atoms with van der Waals surface area (Å²) in [5.74, 6) is 2.10. The SMILES string of the molecule is CCNC(=NCCC(C)c1ccc(OC)cc1)NCCc1ccc(NC(C)=O)cc1.I. The van der Waals surface area contributed by atoms with Crippen molar-refractivity contribution in [3.8, 4) is 5.75 Å². The number of nitrogens with one attached hydrogen (secondary N) is 3. The molecule has 1 atom stereocenters. The van der Waals surface area contributed by atoms with Crippen LogP contribution in [-0.2, 0) is 11.2 Å². The molecule has 0 saturated heterocycles. The summed E-state index contributed by atoms with van der Waals surface area (Å²) in [6.07, 6.45) is 1.86. The third-order valence-corrected chi connectivity index (χ3v) is 4.84. The van der Waals surface area contributed by atoms with Gasteiger partial charge in [0.15, 0.2) is 5.96 Å². The van der Waals surface area contributed by atoms with Crippen molar-refractivity contribution in [1.29, 1.82) is 0 Å². The van der Waals surface area contributed by atoms with Gasteiger partial charge >= 0.3 is 0 Å². The molecule has 170 valence electrons. The summed E-state index contributed by atoms with van der Waals surface area (Å²) in [6.45, 7) is 8.18. The zero-order valence-corrected chi connectivity index (χ0v) is 21.2. The monoisotopic (exact) mass is 538 g/mol. The number of carbonyl (C=O) groups excluding carboxylic acids is 1. The van der Waals surface area contributed by atoms with Crippen molar-refractivity contribution >= 4 is 41.5 Å². The third kappa shape index (κ3) is 10.0. The lowest BCUT2D eigenvalue weighted by Gasteiger charge is -2.14. The average Bonchev–Trinajstić information content (AvgIpc) is 2.74. The van der Waals surface area contributed by atoms with Crippen molar-refractivity contribution in [1.82, 2.24) is 10.6 Å². The molecule has 3 N–H and O–H groups in total. The van der Waals surface area contributed by atoms with E-state index in [1.54, 1.807) is 7.11 Å². The molecule has 1 amide bonds. The number of halogens is 1. The predicted molar refractivity (Wildman–Crippen MR) is 140 cm³/mol. The molecule has 0 bridgehead atoms. The Kier molecular flexibility index (Phi) is 12.7. The summed E-state index contributed by atoms with van der Waals surface area (Å²) in [6, 6.07) is 16.2. The van der Waals surface area contributed by atoms with Gasteiger partial charge in [0, 0.05) is 32.2 Å². The van der Waals surface area contributed by atoms with Gasteiger partial charge in [-0.3, -0.25) is 9.79 Å². The number of hydrogen-bond donors (Lipinski definition) is 3. The molecule has 6 nitrogen and oxygen atoms in total. The second kappa shape index (κ2) is 14.7. The highest BCUT2D eigenvalue weighted by atomic mass is 127. The van der Waals surface area contributed by atoms with Gasteiger partial charge in [-0.15, -0.1) is 24.0 Å². The van der Waals surface area contributed by atoms with Crippen LogP contribution in [0.15, 0.2) is 53.5 Å². The first-order valence-corrected chi connectivity index (χ1v) is 10.5. The molecule has 0 heterocycles. The van der Waals surface area contributed by atoms with Crippen LogP contribution in [0.3, 0.4) is 0 Å². The quantitative estimate of drug-likeness (QED) is 0.236. The van der Waals surface area contributed by atoms with E-state index in [4.69, 9.17) is 9.73 Å². The summed E-state index contributed by atoms with van der Waals surface area (Å²) in [7, 11) is 1.68. The molecule has 31 heavy (non-hydrogen) atoms. The number of aliphatic imine (C=N–C) groups is 1. The molecule has 2 rings (SSSR count). The summed E-state index contributed by atoms with van der Waals surface area (Å²) in [4.78, 5) is 15.8. The lowest BCUT2D eigenvalue weighted by atomic mass is 9.98. The van der Waals surface area contributed by atoms with E-state index in [1.807, 2.05) is 36.4 Å². The Morgan fingerprint density at radius 3 is 2.32 bits per heavy atom. The number of methoxy groups -OCH3 is 1. The van der Waals surface area contributed by atoms with Crippen LogP contribution in [0.5, 0.6) is 5.75 Å². The average molecular weight is 538 g/mol. The Hall–Kier alpha value is -2.29. The minimum absolute atomic E-state index is 0. The highest BCUT2D eigenvalue weighted by molar-refractivity contribution is 14.0. The van der Waals surface area contributed by atoms with Crippen molar-refractivity contribution in [2.24, 2.45) is 4.99 Å². The molecule has 0 aromatic heterocycles. The zero-order valence-electron chi connectivity index (χ0n) is 18.9. The second-order valence-corrected chi connectivity index (χ2v) is 7.28. The van der Waals surface area contributed by atoms with E-state index >= 15 is 0 Å². The lowest BCUT2D eigenvalue weighted by Crippen LogP contribution is -2.38. The van der Waals surface area contributed by atoms with Crippen LogP contribution in [0.25, 0.3) is 0 Å². The molecular formula is C24H35IN4O2. The maximum Gasteiger partial charge on any atom is 0.221 e. The summed E-state index contributed by atoms with van der Waals surface area (Å²) >= 11 is 0. The van der Waals surface area contributed by atoms with E-state index in [0.717, 1.165) is 49.9 Å². The summed E-state index contributed by atoms with van der Waals surface area (Å²) in [5.41, 5.74) is 3.33. The van der Waals surface area contributed by atoms with Crippen LogP contribution in [0, 0.1) is 0 Å². The maximum absolute atomic E-state index is 11.1. The standard InChI is InChI=1S/C24H34N4O2.HI/c1-5-25-24(26-16-14-18(2)21-8-12-23(30-4)13-9-21)27-17-15-20-6-10-22(11-7-20)28-19(3)29;/h6-13,18H,5,14-17H2,1-4H3,(H,28,29)(H2,25,26,27);1H. The Morgan fingerprint density at radius 1 is 1.06 bits per heavy atom. The largest absolute Gasteiger partial charge is 0.497 e. The molecule has 0 aliphatic heterocycles. The smallest absolute Gasteiger partial charge is 0.221 e. The lowest BCUT2D eigenvalue weighted by molar-refractivity contribution is -0.114. The molecule has 7 heteroatoms. The van der Waals surface area contributed by atoms with E-state index < -0.39 is 0 Å². The number of anilines is 1.